The van der Waals surface area contributed by atoms with Crippen LogP contribution in [0.25, 0.3) is 0 Å². The van der Waals surface area contributed by atoms with Crippen LogP contribution in [0.2, 0.25) is 5.02 Å². The van der Waals surface area contributed by atoms with Crippen molar-refractivity contribution in [2.24, 2.45) is 0 Å². The van der Waals surface area contributed by atoms with Crippen molar-refractivity contribution in [3.8, 4) is 0 Å². The van der Waals surface area contributed by atoms with E-state index in [1.807, 2.05) is 0 Å². The minimum atomic E-state index is -4.40. The molecule has 0 saturated heterocycles. The average molecular weight is 525 g/mol. The number of sulfonamides is 1. The lowest BCUT2D eigenvalue weighted by atomic mass is 9.87. The number of carbonyl (C=O) groups excluding carboxylic acids is 2. The molecule has 2 aromatic carbocycles. The lowest BCUT2D eigenvalue weighted by Crippen LogP contribution is -2.52. The highest BCUT2D eigenvalue weighted by Gasteiger charge is 2.47. The third-order valence-electron chi connectivity index (χ3n) is 6.15. The highest BCUT2D eigenvalue weighted by Crippen LogP contribution is 2.38. The number of aryl methyl sites for hydroxylation is 1. The van der Waals surface area contributed by atoms with Gasteiger partial charge in [-0.05, 0) is 75.6 Å². The van der Waals surface area contributed by atoms with Crippen LogP contribution in [0, 0.1) is 19.7 Å². The van der Waals surface area contributed by atoms with Gasteiger partial charge in [0.2, 0.25) is 15.9 Å². The Morgan fingerprint density at radius 1 is 1.17 bits per heavy atom. The van der Waals surface area contributed by atoms with Gasteiger partial charge in [-0.25, -0.2) is 12.8 Å². The zero-order chi connectivity index (χ0) is 26.5. The lowest BCUT2D eigenvalue weighted by Gasteiger charge is -2.34. The van der Waals surface area contributed by atoms with Gasteiger partial charge in [0.15, 0.2) is 0 Å². The smallest absolute Gasteiger partial charge is 0.325 e. The maximum atomic E-state index is 15.1. The van der Waals surface area contributed by atoms with Gasteiger partial charge in [-0.1, -0.05) is 24.6 Å². The van der Waals surface area contributed by atoms with Crippen molar-refractivity contribution in [1.82, 2.24) is 4.31 Å². The number of halogens is 2. The van der Waals surface area contributed by atoms with Gasteiger partial charge in [-0.3, -0.25) is 9.59 Å². The van der Waals surface area contributed by atoms with E-state index in [0.717, 1.165) is 9.87 Å². The fourth-order valence-electron chi connectivity index (χ4n) is 4.26. The predicted octanol–water partition coefficient (Wildman–Crippen LogP) is 4.58. The van der Waals surface area contributed by atoms with E-state index in [-0.39, 0.29) is 21.2 Å². The number of amides is 1. The fraction of sp³-hybridized carbons (Fsp3) is 0.440. The van der Waals surface area contributed by atoms with E-state index in [9.17, 15) is 18.0 Å². The predicted molar refractivity (Wildman–Crippen MR) is 133 cm³/mol. The summed E-state index contributed by atoms with van der Waals surface area (Å²) in [7, 11) is -2.96. The van der Waals surface area contributed by atoms with E-state index >= 15 is 4.39 Å². The van der Waals surface area contributed by atoms with Gasteiger partial charge in [0.1, 0.15) is 22.4 Å². The van der Waals surface area contributed by atoms with Crippen LogP contribution in [0.5, 0.6) is 0 Å². The zero-order valence-electron chi connectivity index (χ0n) is 20.8. The number of ether oxygens (including phenoxy) is 1. The molecular weight excluding hydrogens is 495 g/mol. The van der Waals surface area contributed by atoms with Gasteiger partial charge in [0, 0.05) is 18.0 Å². The number of fused-ring (bicyclic) bond motifs is 1. The summed E-state index contributed by atoms with van der Waals surface area (Å²) in [5, 5.41) is 0.251. The molecular formula is C25H30ClFN2O5S. The van der Waals surface area contributed by atoms with Crippen molar-refractivity contribution in [2.75, 3.05) is 18.5 Å². The summed E-state index contributed by atoms with van der Waals surface area (Å²) in [5.41, 5.74) is 0.715. The minimum Gasteiger partial charge on any atom is -0.459 e. The van der Waals surface area contributed by atoms with Crippen molar-refractivity contribution in [2.45, 2.75) is 64.0 Å². The van der Waals surface area contributed by atoms with E-state index in [4.69, 9.17) is 16.3 Å². The third kappa shape index (κ3) is 5.22. The number of hydrogen-bond acceptors (Lipinski definition) is 5. The van der Waals surface area contributed by atoms with Crippen LogP contribution in [0.1, 0.15) is 50.3 Å². The topological polar surface area (TPSA) is 84.0 Å². The quantitative estimate of drug-likeness (QED) is 0.547. The molecule has 0 radical (unpaired) electrons. The van der Waals surface area contributed by atoms with E-state index < -0.39 is 51.8 Å². The monoisotopic (exact) mass is 524 g/mol. The molecule has 190 valence electrons. The molecule has 1 heterocycles. The highest BCUT2D eigenvalue weighted by molar-refractivity contribution is 7.89. The summed E-state index contributed by atoms with van der Waals surface area (Å²) in [6.07, 6.45) is 0. The first kappa shape index (κ1) is 27.1. The van der Waals surface area contributed by atoms with Crippen molar-refractivity contribution in [3.63, 3.8) is 0 Å². The van der Waals surface area contributed by atoms with E-state index in [1.165, 1.54) is 36.2 Å². The Balaban J connectivity index is 2.27. The van der Waals surface area contributed by atoms with Crippen molar-refractivity contribution in [3.05, 3.63) is 57.9 Å². The summed E-state index contributed by atoms with van der Waals surface area (Å²) < 4.78 is 49.3. The van der Waals surface area contributed by atoms with Crippen LogP contribution in [-0.4, -0.2) is 49.8 Å². The SMILES string of the molecule is Cc1ccc(F)c(C(C)[C@@H](C(=O)OC(C)(C)C)N2CC(=O)N(C)c3cc(Cl)ccc3S2(=O)=O)c1C. The van der Waals surface area contributed by atoms with Gasteiger partial charge >= 0.3 is 5.97 Å². The summed E-state index contributed by atoms with van der Waals surface area (Å²) in [5.74, 6) is -2.98. The molecule has 2 aromatic rings. The molecule has 0 aliphatic carbocycles. The van der Waals surface area contributed by atoms with Crippen molar-refractivity contribution >= 4 is 39.2 Å². The third-order valence-corrected chi connectivity index (χ3v) is 8.26. The first-order valence-corrected chi connectivity index (χ1v) is 12.9. The lowest BCUT2D eigenvalue weighted by molar-refractivity contribution is -0.160. The van der Waals surface area contributed by atoms with Crippen molar-refractivity contribution < 1.29 is 27.1 Å². The van der Waals surface area contributed by atoms with Gasteiger partial charge in [0.25, 0.3) is 0 Å². The van der Waals surface area contributed by atoms with Gasteiger partial charge in [-0.15, -0.1) is 0 Å². The first-order valence-electron chi connectivity index (χ1n) is 11.1. The first-order chi connectivity index (χ1) is 16.1. The number of rotatable bonds is 4. The normalized spacial score (nSPS) is 18.0. The van der Waals surface area contributed by atoms with Gasteiger partial charge in [0.05, 0.1) is 12.2 Å². The van der Waals surface area contributed by atoms with Crippen LogP contribution in [-0.2, 0) is 24.3 Å². The standard InChI is InChI=1S/C25H30ClFN2O5S/c1-14-8-10-18(27)22(15(14)2)16(3)23(24(31)34-25(4,5)6)29-13-21(30)28(7)19-12-17(26)9-11-20(19)35(29,32)33/h8-12,16,23H,13H2,1-7H3/t16?,23-/m0/s1. The number of likely N-dealkylation sites (N-methyl/N-ethyl adjacent to an activating group) is 1. The molecule has 2 atom stereocenters. The second-order valence-corrected chi connectivity index (χ2v) is 12.1. The van der Waals surface area contributed by atoms with Crippen molar-refractivity contribution in [1.29, 1.82) is 0 Å². The molecule has 1 amide bonds. The number of hydrogen-bond donors (Lipinski definition) is 0. The Morgan fingerprint density at radius 3 is 2.40 bits per heavy atom. The second-order valence-electron chi connectivity index (χ2n) is 9.79. The highest BCUT2D eigenvalue weighted by atomic mass is 35.5. The summed E-state index contributed by atoms with van der Waals surface area (Å²) in [4.78, 5) is 27.6. The van der Waals surface area contributed by atoms with Crippen LogP contribution in [0.15, 0.2) is 35.2 Å². The van der Waals surface area contributed by atoms with Crippen LogP contribution in [0.4, 0.5) is 10.1 Å². The molecule has 0 bridgehead atoms. The summed E-state index contributed by atoms with van der Waals surface area (Å²) in [6.45, 7) is 9.40. The Labute approximate surface area is 210 Å². The molecule has 3 rings (SSSR count). The molecule has 0 aromatic heterocycles. The van der Waals surface area contributed by atoms with E-state index in [0.29, 0.717) is 5.56 Å². The number of esters is 1. The molecule has 0 spiro atoms. The summed E-state index contributed by atoms with van der Waals surface area (Å²) >= 11 is 6.08. The maximum absolute atomic E-state index is 15.1. The molecule has 0 saturated carbocycles. The second kappa shape index (κ2) is 9.52. The molecule has 1 aliphatic heterocycles. The maximum Gasteiger partial charge on any atom is 0.325 e. The molecule has 0 N–H and O–H groups in total. The van der Waals surface area contributed by atoms with Gasteiger partial charge < -0.3 is 9.64 Å². The summed E-state index contributed by atoms with van der Waals surface area (Å²) in [6, 6.07) is 5.47. The van der Waals surface area contributed by atoms with Crippen LogP contribution < -0.4 is 4.90 Å². The number of nitrogens with zero attached hydrogens (tertiary/aromatic N) is 2. The Hall–Kier alpha value is -2.49. The Morgan fingerprint density at radius 2 is 1.80 bits per heavy atom. The zero-order valence-corrected chi connectivity index (χ0v) is 22.4. The van der Waals surface area contributed by atoms with E-state index in [2.05, 4.69) is 0 Å². The van der Waals surface area contributed by atoms with E-state index in [1.54, 1.807) is 47.6 Å². The molecule has 10 heteroatoms. The van der Waals surface area contributed by atoms with Crippen LogP contribution in [0.3, 0.4) is 0 Å². The molecule has 1 unspecified atom stereocenters. The van der Waals surface area contributed by atoms with Crippen LogP contribution >= 0.6 is 11.6 Å². The molecule has 1 aliphatic rings. The molecule has 35 heavy (non-hydrogen) atoms. The van der Waals surface area contributed by atoms with Gasteiger partial charge in [-0.2, -0.15) is 4.31 Å². The average Bonchev–Trinajstić information content (AvgIpc) is 2.79. The molecule has 0 fully saturated rings. The number of carbonyl (C=O) groups is 2. The minimum absolute atomic E-state index is 0.0958. The Bertz CT molecular complexity index is 1290. The Kier molecular flexibility index (Phi) is 7.37. The largest absolute Gasteiger partial charge is 0.459 e. The fourth-order valence-corrected chi connectivity index (χ4v) is 6.23. The number of anilines is 1. The number of benzene rings is 2. The molecule has 7 nitrogen and oxygen atoms in total.